The minimum atomic E-state index is 0.0837. The van der Waals surface area contributed by atoms with Gasteiger partial charge in [0.25, 0.3) is 5.91 Å². The molecule has 1 aliphatic heterocycles. The Morgan fingerprint density at radius 1 is 1.00 bits per heavy atom. The van der Waals surface area contributed by atoms with Crippen LogP contribution in [0.5, 0.6) is 0 Å². The lowest BCUT2D eigenvalue weighted by Crippen LogP contribution is -2.49. The number of nitrogens with zero attached hydrogens (tertiary/aromatic N) is 6. The number of para-hydroxylation sites is 1. The second-order valence-corrected chi connectivity index (χ2v) is 7.74. The van der Waals surface area contributed by atoms with E-state index in [4.69, 9.17) is 0 Å². The first kappa shape index (κ1) is 17.8. The van der Waals surface area contributed by atoms with Crippen LogP contribution in [0.1, 0.15) is 40.4 Å². The second-order valence-electron chi connectivity index (χ2n) is 7.74. The van der Waals surface area contributed by atoms with Gasteiger partial charge in [-0.2, -0.15) is 5.10 Å². The van der Waals surface area contributed by atoms with E-state index in [1.165, 1.54) is 0 Å². The maximum atomic E-state index is 13.3. The normalized spacial score (nSPS) is 16.9. The van der Waals surface area contributed by atoms with Crippen LogP contribution in [0.25, 0.3) is 5.69 Å². The van der Waals surface area contributed by atoms with E-state index in [2.05, 4.69) is 39.0 Å². The van der Waals surface area contributed by atoms with Gasteiger partial charge in [-0.15, -0.1) is 0 Å². The van der Waals surface area contributed by atoms with Crippen LogP contribution < -0.4 is 4.90 Å². The molecule has 0 atom stereocenters. The molecule has 2 fully saturated rings. The van der Waals surface area contributed by atoms with E-state index >= 15 is 0 Å². The molecule has 0 N–H and O–H groups in total. The summed E-state index contributed by atoms with van der Waals surface area (Å²) in [5.74, 6) is 1.24. The van der Waals surface area contributed by atoms with Crippen molar-refractivity contribution in [3.63, 3.8) is 0 Å². The van der Waals surface area contributed by atoms with Crippen molar-refractivity contribution >= 4 is 11.9 Å². The standard InChI is InChI=1S/C22H24N6O/c1-16-5-2-3-6-19(16)28-20(17-7-8-17)18(15-25-28)21(29)26-11-13-27(14-12-26)22-23-9-4-10-24-22/h2-6,9-10,15,17H,7-8,11-14H2,1H3. The predicted octanol–water partition coefficient (Wildman–Crippen LogP) is 2.81. The van der Waals surface area contributed by atoms with Gasteiger partial charge < -0.3 is 9.80 Å². The smallest absolute Gasteiger partial charge is 0.257 e. The molecule has 29 heavy (non-hydrogen) atoms. The summed E-state index contributed by atoms with van der Waals surface area (Å²) in [6, 6.07) is 10.0. The van der Waals surface area contributed by atoms with Crippen molar-refractivity contribution in [3.05, 3.63) is 65.7 Å². The van der Waals surface area contributed by atoms with E-state index in [9.17, 15) is 4.79 Å². The lowest BCUT2D eigenvalue weighted by molar-refractivity contribution is 0.0745. The molecular weight excluding hydrogens is 364 g/mol. The van der Waals surface area contributed by atoms with E-state index in [0.717, 1.165) is 54.4 Å². The van der Waals surface area contributed by atoms with Gasteiger partial charge in [-0.25, -0.2) is 14.6 Å². The lowest BCUT2D eigenvalue weighted by atomic mass is 10.1. The molecule has 1 aliphatic carbocycles. The van der Waals surface area contributed by atoms with Crippen molar-refractivity contribution < 1.29 is 4.79 Å². The number of anilines is 1. The highest BCUT2D eigenvalue weighted by Crippen LogP contribution is 2.43. The molecule has 148 valence electrons. The number of amides is 1. The Labute approximate surface area is 170 Å². The van der Waals surface area contributed by atoms with Crippen molar-refractivity contribution in [3.8, 4) is 5.69 Å². The third-order valence-electron chi connectivity index (χ3n) is 5.75. The topological polar surface area (TPSA) is 67.2 Å². The van der Waals surface area contributed by atoms with Crippen LogP contribution in [-0.4, -0.2) is 56.7 Å². The fourth-order valence-electron chi connectivity index (χ4n) is 4.00. The minimum Gasteiger partial charge on any atom is -0.337 e. The number of carbonyl (C=O) groups is 1. The van der Waals surface area contributed by atoms with Gasteiger partial charge in [0.2, 0.25) is 5.95 Å². The van der Waals surface area contributed by atoms with Crippen molar-refractivity contribution in [2.45, 2.75) is 25.7 Å². The molecule has 0 radical (unpaired) electrons. The first-order valence-corrected chi connectivity index (χ1v) is 10.2. The van der Waals surface area contributed by atoms with E-state index < -0.39 is 0 Å². The molecule has 1 saturated heterocycles. The number of hydrogen-bond donors (Lipinski definition) is 0. The fraction of sp³-hybridized carbons (Fsp3) is 0.364. The van der Waals surface area contributed by atoms with Crippen molar-refractivity contribution in [1.82, 2.24) is 24.6 Å². The van der Waals surface area contributed by atoms with Gasteiger partial charge in [0.1, 0.15) is 0 Å². The van der Waals surface area contributed by atoms with Crippen molar-refractivity contribution in [1.29, 1.82) is 0 Å². The van der Waals surface area contributed by atoms with Crippen LogP contribution in [0, 0.1) is 6.92 Å². The van der Waals surface area contributed by atoms with Gasteiger partial charge in [0.05, 0.1) is 23.1 Å². The first-order chi connectivity index (χ1) is 14.2. The Hall–Kier alpha value is -3.22. The Bertz CT molecular complexity index is 1020. The number of hydrogen-bond acceptors (Lipinski definition) is 5. The van der Waals surface area contributed by atoms with Crippen molar-refractivity contribution in [2.24, 2.45) is 0 Å². The minimum absolute atomic E-state index is 0.0837. The highest BCUT2D eigenvalue weighted by atomic mass is 16.2. The quantitative estimate of drug-likeness (QED) is 0.688. The average Bonchev–Trinajstić information content (AvgIpc) is 3.52. The molecule has 1 aromatic carbocycles. The molecule has 3 aromatic rings. The monoisotopic (exact) mass is 388 g/mol. The van der Waals surface area contributed by atoms with Crippen LogP contribution in [0.2, 0.25) is 0 Å². The average molecular weight is 388 g/mol. The molecule has 0 spiro atoms. The van der Waals surface area contributed by atoms with E-state index in [0.29, 0.717) is 19.0 Å². The number of aromatic nitrogens is 4. The summed E-state index contributed by atoms with van der Waals surface area (Å²) in [6.45, 7) is 4.88. The number of benzene rings is 1. The fourth-order valence-corrected chi connectivity index (χ4v) is 4.00. The molecule has 3 heterocycles. The maximum Gasteiger partial charge on any atom is 0.257 e. The maximum absolute atomic E-state index is 13.3. The Morgan fingerprint density at radius 2 is 1.72 bits per heavy atom. The Morgan fingerprint density at radius 3 is 2.41 bits per heavy atom. The van der Waals surface area contributed by atoms with Crippen LogP contribution in [0.4, 0.5) is 5.95 Å². The molecule has 0 unspecified atom stereocenters. The molecule has 0 bridgehead atoms. The molecular formula is C22H24N6O. The third kappa shape index (κ3) is 3.37. The Balaban J connectivity index is 1.38. The van der Waals surface area contributed by atoms with E-state index in [1.54, 1.807) is 18.6 Å². The van der Waals surface area contributed by atoms with Gasteiger partial charge in [-0.3, -0.25) is 4.79 Å². The SMILES string of the molecule is Cc1ccccc1-n1ncc(C(=O)N2CCN(c3ncccn3)CC2)c1C1CC1. The molecule has 5 rings (SSSR count). The molecule has 2 aromatic heterocycles. The zero-order valence-corrected chi connectivity index (χ0v) is 16.5. The van der Waals surface area contributed by atoms with E-state index in [-0.39, 0.29) is 5.91 Å². The molecule has 1 amide bonds. The van der Waals surface area contributed by atoms with E-state index in [1.807, 2.05) is 27.8 Å². The Kier molecular flexibility index (Phi) is 4.50. The van der Waals surface area contributed by atoms with Crippen LogP contribution in [0.3, 0.4) is 0 Å². The van der Waals surface area contributed by atoms with Crippen molar-refractivity contribution in [2.75, 3.05) is 31.1 Å². The largest absolute Gasteiger partial charge is 0.337 e. The zero-order chi connectivity index (χ0) is 19.8. The highest BCUT2D eigenvalue weighted by Gasteiger charge is 2.35. The van der Waals surface area contributed by atoms with Gasteiger partial charge in [0, 0.05) is 44.5 Å². The molecule has 7 nitrogen and oxygen atoms in total. The second kappa shape index (κ2) is 7.31. The number of aryl methyl sites for hydroxylation is 1. The van der Waals surface area contributed by atoms with Crippen LogP contribution in [-0.2, 0) is 0 Å². The number of carbonyl (C=O) groups excluding carboxylic acids is 1. The summed E-state index contributed by atoms with van der Waals surface area (Å²) in [5, 5.41) is 4.63. The van der Waals surface area contributed by atoms with Gasteiger partial charge in [-0.05, 0) is 37.5 Å². The molecule has 7 heteroatoms. The summed E-state index contributed by atoms with van der Waals surface area (Å²) in [6.07, 6.45) is 7.51. The summed E-state index contributed by atoms with van der Waals surface area (Å²) in [5.41, 5.74) is 4.03. The molecule has 2 aliphatic rings. The van der Waals surface area contributed by atoms with Gasteiger partial charge in [-0.1, -0.05) is 18.2 Å². The summed E-state index contributed by atoms with van der Waals surface area (Å²) >= 11 is 0. The summed E-state index contributed by atoms with van der Waals surface area (Å²) < 4.78 is 1.98. The third-order valence-corrected chi connectivity index (χ3v) is 5.75. The summed E-state index contributed by atoms with van der Waals surface area (Å²) in [4.78, 5) is 26.0. The lowest BCUT2D eigenvalue weighted by Gasteiger charge is -2.34. The number of piperazine rings is 1. The van der Waals surface area contributed by atoms with Gasteiger partial charge in [0.15, 0.2) is 0 Å². The highest BCUT2D eigenvalue weighted by molar-refractivity contribution is 5.95. The zero-order valence-electron chi connectivity index (χ0n) is 16.5. The number of rotatable bonds is 4. The van der Waals surface area contributed by atoms with Crippen LogP contribution in [0.15, 0.2) is 48.9 Å². The van der Waals surface area contributed by atoms with Crippen LogP contribution >= 0.6 is 0 Å². The molecule has 1 saturated carbocycles. The van der Waals surface area contributed by atoms with Gasteiger partial charge >= 0.3 is 0 Å². The summed E-state index contributed by atoms with van der Waals surface area (Å²) in [7, 11) is 0. The predicted molar refractivity (Wildman–Crippen MR) is 110 cm³/mol. The first-order valence-electron chi connectivity index (χ1n) is 10.2.